The average Bonchev–Trinajstić information content (AvgIpc) is 2.34. The molecule has 0 heterocycles. The van der Waals surface area contributed by atoms with Crippen LogP contribution in [-0.4, -0.2) is 38.4 Å². The molecule has 1 aromatic carbocycles. The number of sulfonamides is 1. The highest BCUT2D eigenvalue weighted by Crippen LogP contribution is 2.16. The number of hydrogen-bond acceptors (Lipinski definition) is 5. The van der Waals surface area contributed by atoms with E-state index < -0.39 is 16.0 Å². The number of nitrogens with zero attached hydrogens (tertiary/aromatic N) is 1. The van der Waals surface area contributed by atoms with Gasteiger partial charge in [-0.2, -0.15) is 4.31 Å². The van der Waals surface area contributed by atoms with Crippen molar-refractivity contribution in [2.45, 2.75) is 25.6 Å². The number of esters is 1. The summed E-state index contributed by atoms with van der Waals surface area (Å²) in [4.78, 5) is 11.3. The van der Waals surface area contributed by atoms with Gasteiger partial charge in [0.15, 0.2) is 0 Å². The van der Waals surface area contributed by atoms with E-state index in [-0.39, 0.29) is 18.3 Å². The van der Waals surface area contributed by atoms with Gasteiger partial charge in [0, 0.05) is 11.7 Å². The molecule has 0 aromatic heterocycles. The summed E-state index contributed by atoms with van der Waals surface area (Å²) in [5.41, 5.74) is 6.72. The highest BCUT2D eigenvalue weighted by atomic mass is 32.2. The maximum absolute atomic E-state index is 12.4. The van der Waals surface area contributed by atoms with Crippen molar-refractivity contribution < 1.29 is 17.9 Å². The van der Waals surface area contributed by atoms with Crippen molar-refractivity contribution in [3.63, 3.8) is 0 Å². The summed E-state index contributed by atoms with van der Waals surface area (Å²) in [6.45, 7) is 3.12. The van der Waals surface area contributed by atoms with Crippen molar-refractivity contribution in [1.82, 2.24) is 4.31 Å². The first-order chi connectivity index (χ1) is 9.26. The number of hydrogen-bond donors (Lipinski definition) is 1. The third-order valence-corrected chi connectivity index (χ3v) is 4.71. The van der Waals surface area contributed by atoms with Gasteiger partial charge in [-0.15, -0.1) is 0 Å². The van der Waals surface area contributed by atoms with E-state index in [4.69, 9.17) is 5.73 Å². The van der Waals surface area contributed by atoms with Crippen LogP contribution >= 0.6 is 0 Å². The zero-order valence-corrected chi connectivity index (χ0v) is 12.7. The second-order valence-electron chi connectivity index (χ2n) is 4.72. The van der Waals surface area contributed by atoms with E-state index in [0.29, 0.717) is 11.3 Å². The lowest BCUT2D eigenvalue weighted by molar-refractivity contribution is -0.141. The lowest BCUT2D eigenvalue weighted by Crippen LogP contribution is -2.41. The number of rotatable bonds is 6. The predicted octanol–water partition coefficient (Wildman–Crippen LogP) is 0.982. The Labute approximate surface area is 119 Å². The van der Waals surface area contributed by atoms with Crippen molar-refractivity contribution in [1.29, 1.82) is 0 Å². The van der Waals surface area contributed by atoms with E-state index in [1.807, 2.05) is 0 Å². The Balaban J connectivity index is 2.96. The Hall–Kier alpha value is -1.60. The first-order valence-electron chi connectivity index (χ1n) is 6.17. The smallest absolute Gasteiger partial charge is 0.321 e. The van der Waals surface area contributed by atoms with E-state index in [1.54, 1.807) is 38.1 Å². The highest BCUT2D eigenvalue weighted by Gasteiger charge is 2.27. The van der Waals surface area contributed by atoms with E-state index in [9.17, 15) is 13.2 Å². The normalized spacial score (nSPS) is 11.8. The number of carbonyl (C=O) groups is 1. The summed E-state index contributed by atoms with van der Waals surface area (Å²) in [6, 6.07) is 6.34. The molecule has 0 fully saturated rings. The van der Waals surface area contributed by atoms with Crippen molar-refractivity contribution in [2.24, 2.45) is 0 Å². The Morgan fingerprint density at radius 2 is 2.05 bits per heavy atom. The van der Waals surface area contributed by atoms with E-state index >= 15 is 0 Å². The van der Waals surface area contributed by atoms with Crippen LogP contribution < -0.4 is 5.73 Å². The molecule has 0 unspecified atom stereocenters. The monoisotopic (exact) mass is 300 g/mol. The quantitative estimate of drug-likeness (QED) is 0.625. The molecule has 0 saturated heterocycles. The Bertz CT molecular complexity index is 569. The third-order valence-electron chi connectivity index (χ3n) is 2.75. The summed E-state index contributed by atoms with van der Waals surface area (Å²) in [6.07, 6.45) is 0. The minimum Gasteiger partial charge on any atom is -0.468 e. The molecule has 112 valence electrons. The molecule has 0 aliphatic heterocycles. The summed E-state index contributed by atoms with van der Waals surface area (Å²) < 4.78 is 30.4. The molecule has 20 heavy (non-hydrogen) atoms. The summed E-state index contributed by atoms with van der Waals surface area (Å²) in [5, 5.41) is 0. The Kier molecular flexibility index (Phi) is 5.52. The second-order valence-corrected chi connectivity index (χ2v) is 6.64. The molecule has 0 atom stereocenters. The van der Waals surface area contributed by atoms with Crippen LogP contribution in [-0.2, 0) is 25.3 Å². The summed E-state index contributed by atoms with van der Waals surface area (Å²) in [7, 11) is -2.39. The number of carbonyl (C=O) groups excluding carboxylic acids is 1. The fraction of sp³-hybridized carbons (Fsp3) is 0.462. The largest absolute Gasteiger partial charge is 0.468 e. The predicted molar refractivity (Wildman–Crippen MR) is 77.3 cm³/mol. The average molecular weight is 300 g/mol. The third kappa shape index (κ3) is 4.50. The molecule has 1 aromatic rings. The number of ether oxygens (including phenoxy) is 1. The van der Waals surface area contributed by atoms with Gasteiger partial charge in [0.05, 0.1) is 12.9 Å². The number of methoxy groups -OCH3 is 1. The fourth-order valence-corrected chi connectivity index (χ4v) is 3.48. The molecule has 6 nitrogen and oxygen atoms in total. The number of benzene rings is 1. The van der Waals surface area contributed by atoms with Crippen LogP contribution in [0.3, 0.4) is 0 Å². The molecule has 0 radical (unpaired) electrons. The Morgan fingerprint density at radius 3 is 2.55 bits per heavy atom. The van der Waals surface area contributed by atoms with Gasteiger partial charge >= 0.3 is 5.97 Å². The van der Waals surface area contributed by atoms with Gasteiger partial charge < -0.3 is 10.5 Å². The first-order valence-corrected chi connectivity index (χ1v) is 7.78. The molecule has 0 amide bonds. The van der Waals surface area contributed by atoms with E-state index in [2.05, 4.69) is 4.74 Å². The Morgan fingerprint density at radius 1 is 1.40 bits per heavy atom. The van der Waals surface area contributed by atoms with Crippen LogP contribution in [0.2, 0.25) is 0 Å². The second kappa shape index (κ2) is 6.71. The van der Waals surface area contributed by atoms with E-state index in [1.165, 1.54) is 7.11 Å². The molecule has 0 spiro atoms. The van der Waals surface area contributed by atoms with Gasteiger partial charge in [-0.3, -0.25) is 4.79 Å². The maximum Gasteiger partial charge on any atom is 0.321 e. The van der Waals surface area contributed by atoms with Crippen LogP contribution in [0, 0.1) is 0 Å². The van der Waals surface area contributed by atoms with Gasteiger partial charge in [0.1, 0.15) is 6.54 Å². The summed E-state index contributed by atoms with van der Waals surface area (Å²) in [5.74, 6) is -0.789. The molecular weight excluding hydrogens is 280 g/mol. The highest BCUT2D eigenvalue weighted by molar-refractivity contribution is 7.88. The van der Waals surface area contributed by atoms with Crippen molar-refractivity contribution in [3.05, 3.63) is 29.8 Å². The molecule has 0 aliphatic rings. The maximum atomic E-state index is 12.4. The summed E-state index contributed by atoms with van der Waals surface area (Å²) >= 11 is 0. The van der Waals surface area contributed by atoms with Crippen LogP contribution in [0.15, 0.2) is 24.3 Å². The van der Waals surface area contributed by atoms with Gasteiger partial charge in [0.2, 0.25) is 10.0 Å². The minimum absolute atomic E-state index is 0.201. The van der Waals surface area contributed by atoms with Crippen LogP contribution in [0.5, 0.6) is 0 Å². The standard InChI is InChI=1S/C13H20N2O4S/c1-10(2)15(8-13(16)19-3)20(17,18)9-11-5-4-6-12(14)7-11/h4-7,10H,8-9,14H2,1-3H3. The molecular formula is C13H20N2O4S. The van der Waals surface area contributed by atoms with Crippen LogP contribution in [0.25, 0.3) is 0 Å². The van der Waals surface area contributed by atoms with Crippen LogP contribution in [0.4, 0.5) is 5.69 Å². The van der Waals surface area contributed by atoms with Gasteiger partial charge in [-0.25, -0.2) is 8.42 Å². The topological polar surface area (TPSA) is 89.7 Å². The molecule has 7 heteroatoms. The fourth-order valence-electron chi connectivity index (χ4n) is 1.77. The lowest BCUT2D eigenvalue weighted by Gasteiger charge is -2.24. The number of anilines is 1. The zero-order valence-electron chi connectivity index (χ0n) is 11.9. The van der Waals surface area contributed by atoms with Crippen LogP contribution in [0.1, 0.15) is 19.4 Å². The molecule has 1 rings (SSSR count). The van der Waals surface area contributed by atoms with E-state index in [0.717, 1.165) is 4.31 Å². The van der Waals surface area contributed by atoms with Gasteiger partial charge in [0.25, 0.3) is 0 Å². The molecule has 0 bridgehead atoms. The van der Waals surface area contributed by atoms with Crippen molar-refractivity contribution in [2.75, 3.05) is 19.4 Å². The van der Waals surface area contributed by atoms with Gasteiger partial charge in [-0.1, -0.05) is 12.1 Å². The van der Waals surface area contributed by atoms with Gasteiger partial charge in [-0.05, 0) is 31.5 Å². The SMILES string of the molecule is COC(=O)CN(C(C)C)S(=O)(=O)Cc1cccc(N)c1. The van der Waals surface area contributed by atoms with Crippen molar-refractivity contribution in [3.8, 4) is 0 Å². The van der Waals surface area contributed by atoms with Crippen molar-refractivity contribution >= 4 is 21.7 Å². The zero-order chi connectivity index (χ0) is 15.3. The number of nitrogen functional groups attached to an aromatic ring is 1. The molecule has 0 saturated carbocycles. The molecule has 2 N–H and O–H groups in total. The molecule has 0 aliphatic carbocycles. The lowest BCUT2D eigenvalue weighted by atomic mass is 10.2. The first kappa shape index (κ1) is 16.5. The minimum atomic E-state index is -3.62. The number of nitrogens with two attached hydrogens (primary N) is 1.